The van der Waals surface area contributed by atoms with E-state index in [0.717, 1.165) is 10.9 Å². The Morgan fingerprint density at radius 2 is 1.92 bits per heavy atom. The summed E-state index contributed by atoms with van der Waals surface area (Å²) in [5.74, 6) is 0.315. The summed E-state index contributed by atoms with van der Waals surface area (Å²) in [6.07, 6.45) is 1.86. The van der Waals surface area contributed by atoms with Crippen LogP contribution >= 0.6 is 0 Å². The Kier molecular flexibility index (Phi) is 3.85. The second-order valence-corrected chi connectivity index (χ2v) is 5.54. The fourth-order valence-electron chi connectivity index (χ4n) is 2.67. The summed E-state index contributed by atoms with van der Waals surface area (Å²) in [5, 5.41) is 3.99. The lowest BCUT2D eigenvalue weighted by Gasteiger charge is -2.09. The molecule has 0 saturated carbocycles. The summed E-state index contributed by atoms with van der Waals surface area (Å²) < 4.78 is 20.6. The molecule has 2 aromatic carbocycles. The van der Waals surface area contributed by atoms with Gasteiger partial charge in [-0.3, -0.25) is 4.57 Å². The molecule has 0 aliphatic heterocycles. The summed E-state index contributed by atoms with van der Waals surface area (Å²) >= 11 is 0. The van der Waals surface area contributed by atoms with E-state index in [0.29, 0.717) is 11.6 Å². The number of hydrogen-bond acceptors (Lipinski definition) is 6. The summed E-state index contributed by atoms with van der Waals surface area (Å²) in [6, 6.07) is 14.3. The normalized spacial score (nSPS) is 10.8. The minimum Gasteiger partial charge on any atom is -0.494 e. The van der Waals surface area contributed by atoms with E-state index >= 15 is 0 Å². The van der Waals surface area contributed by atoms with Crippen molar-refractivity contribution in [2.75, 3.05) is 18.2 Å². The average Bonchev–Trinajstić information content (AvgIpc) is 3.05. The van der Waals surface area contributed by atoms with Crippen LogP contribution in [0.1, 0.15) is 0 Å². The van der Waals surface area contributed by atoms with Crippen LogP contribution in [0.4, 0.5) is 22.0 Å². The number of hydrogen-bond donors (Lipinski definition) is 2. The standard InChI is InChI=1S/C18H15FN6O/c1-26-15-7-6-12(10-13(15)19)21-17-22-16(20)23-18(24-17)25-9-8-11-4-2-3-5-14(11)25/h2-10H,1H3,(H3,20,21,22,23,24). The number of nitrogens with one attached hydrogen (secondary N) is 1. The molecular formula is C18H15FN6O. The fourth-order valence-corrected chi connectivity index (χ4v) is 2.67. The van der Waals surface area contributed by atoms with E-state index in [4.69, 9.17) is 10.5 Å². The number of nitrogens with two attached hydrogens (primary N) is 1. The van der Waals surface area contributed by atoms with Gasteiger partial charge in [-0.15, -0.1) is 0 Å². The molecule has 0 saturated heterocycles. The fraction of sp³-hybridized carbons (Fsp3) is 0.0556. The molecule has 0 radical (unpaired) electrons. The number of para-hydroxylation sites is 1. The van der Waals surface area contributed by atoms with Crippen LogP contribution in [0.5, 0.6) is 5.75 Å². The zero-order chi connectivity index (χ0) is 18.1. The van der Waals surface area contributed by atoms with Gasteiger partial charge >= 0.3 is 0 Å². The van der Waals surface area contributed by atoms with E-state index in [2.05, 4.69) is 20.3 Å². The summed E-state index contributed by atoms with van der Waals surface area (Å²) in [6.45, 7) is 0. The predicted octanol–water partition coefficient (Wildman–Crippen LogP) is 3.29. The Morgan fingerprint density at radius 3 is 2.73 bits per heavy atom. The molecule has 3 N–H and O–H groups in total. The maximum absolute atomic E-state index is 13.9. The Hall–Kier alpha value is -3.68. The van der Waals surface area contributed by atoms with Crippen LogP contribution in [-0.2, 0) is 0 Å². The zero-order valence-electron chi connectivity index (χ0n) is 13.8. The molecule has 2 aromatic heterocycles. The molecule has 0 spiro atoms. The molecule has 8 heteroatoms. The van der Waals surface area contributed by atoms with Crippen molar-refractivity contribution in [3.8, 4) is 11.7 Å². The van der Waals surface area contributed by atoms with Crippen LogP contribution in [0.15, 0.2) is 54.7 Å². The number of rotatable bonds is 4. The maximum atomic E-state index is 13.9. The van der Waals surface area contributed by atoms with E-state index in [1.807, 2.05) is 41.1 Å². The van der Waals surface area contributed by atoms with Crippen LogP contribution in [0.3, 0.4) is 0 Å². The van der Waals surface area contributed by atoms with Gasteiger partial charge in [-0.05, 0) is 24.3 Å². The first kappa shape index (κ1) is 15.8. The van der Waals surface area contributed by atoms with Gasteiger partial charge < -0.3 is 15.8 Å². The molecule has 0 fully saturated rings. The van der Waals surface area contributed by atoms with E-state index in [9.17, 15) is 4.39 Å². The van der Waals surface area contributed by atoms with Gasteiger partial charge in [-0.1, -0.05) is 18.2 Å². The van der Waals surface area contributed by atoms with E-state index in [1.165, 1.54) is 19.2 Å². The van der Waals surface area contributed by atoms with Gasteiger partial charge in [0.15, 0.2) is 11.6 Å². The van der Waals surface area contributed by atoms with Crippen molar-refractivity contribution < 1.29 is 9.13 Å². The smallest absolute Gasteiger partial charge is 0.240 e. The topological polar surface area (TPSA) is 90.9 Å². The van der Waals surface area contributed by atoms with E-state index < -0.39 is 5.82 Å². The second kappa shape index (κ2) is 6.32. The molecule has 4 aromatic rings. The molecule has 26 heavy (non-hydrogen) atoms. The maximum Gasteiger partial charge on any atom is 0.240 e. The summed E-state index contributed by atoms with van der Waals surface area (Å²) in [5.41, 5.74) is 7.24. The third-order valence-corrected chi connectivity index (χ3v) is 3.86. The van der Waals surface area contributed by atoms with Crippen molar-refractivity contribution >= 4 is 28.5 Å². The van der Waals surface area contributed by atoms with Crippen molar-refractivity contribution in [1.82, 2.24) is 19.5 Å². The van der Waals surface area contributed by atoms with Crippen LogP contribution in [0, 0.1) is 5.82 Å². The van der Waals surface area contributed by atoms with Gasteiger partial charge in [0.05, 0.1) is 12.6 Å². The van der Waals surface area contributed by atoms with Crippen molar-refractivity contribution in [2.24, 2.45) is 0 Å². The molecule has 0 aliphatic rings. The van der Waals surface area contributed by atoms with Crippen molar-refractivity contribution in [2.45, 2.75) is 0 Å². The Balaban J connectivity index is 1.72. The number of nitrogens with zero attached hydrogens (tertiary/aromatic N) is 4. The molecule has 2 heterocycles. The molecule has 130 valence electrons. The predicted molar refractivity (Wildman–Crippen MR) is 97.3 cm³/mol. The van der Waals surface area contributed by atoms with Gasteiger partial charge in [0.25, 0.3) is 0 Å². The molecular weight excluding hydrogens is 335 g/mol. The molecule has 0 aliphatic carbocycles. The summed E-state index contributed by atoms with van der Waals surface area (Å²) in [7, 11) is 1.41. The van der Waals surface area contributed by atoms with Crippen molar-refractivity contribution in [1.29, 1.82) is 0 Å². The number of fused-ring (bicyclic) bond motifs is 1. The third-order valence-electron chi connectivity index (χ3n) is 3.86. The number of anilines is 3. The highest BCUT2D eigenvalue weighted by atomic mass is 19.1. The van der Waals surface area contributed by atoms with Crippen LogP contribution in [-0.4, -0.2) is 26.6 Å². The third kappa shape index (κ3) is 2.88. The Labute approximate surface area is 148 Å². The molecule has 0 bridgehead atoms. The van der Waals surface area contributed by atoms with Gasteiger partial charge in [0.1, 0.15) is 0 Å². The van der Waals surface area contributed by atoms with Crippen molar-refractivity contribution in [3.63, 3.8) is 0 Å². The lowest BCUT2D eigenvalue weighted by atomic mass is 10.2. The molecule has 0 amide bonds. The minimum absolute atomic E-state index is 0.0595. The van der Waals surface area contributed by atoms with Gasteiger partial charge in [-0.2, -0.15) is 15.0 Å². The van der Waals surface area contributed by atoms with Gasteiger partial charge in [0.2, 0.25) is 17.8 Å². The lowest BCUT2D eigenvalue weighted by Crippen LogP contribution is -2.08. The molecule has 0 atom stereocenters. The second-order valence-electron chi connectivity index (χ2n) is 5.54. The number of aromatic nitrogens is 4. The summed E-state index contributed by atoms with van der Waals surface area (Å²) in [4.78, 5) is 12.7. The van der Waals surface area contributed by atoms with Gasteiger partial charge in [-0.25, -0.2) is 4.39 Å². The number of halogens is 1. The highest BCUT2D eigenvalue weighted by Crippen LogP contribution is 2.23. The first-order chi connectivity index (χ1) is 12.6. The van der Waals surface area contributed by atoms with E-state index in [1.54, 1.807) is 6.07 Å². The average molecular weight is 350 g/mol. The number of benzene rings is 2. The van der Waals surface area contributed by atoms with Gasteiger partial charge in [0, 0.05) is 23.3 Å². The number of methoxy groups -OCH3 is 1. The quantitative estimate of drug-likeness (QED) is 0.587. The highest BCUT2D eigenvalue weighted by Gasteiger charge is 2.10. The van der Waals surface area contributed by atoms with Crippen LogP contribution in [0.25, 0.3) is 16.9 Å². The largest absolute Gasteiger partial charge is 0.494 e. The van der Waals surface area contributed by atoms with E-state index in [-0.39, 0.29) is 17.6 Å². The first-order valence-corrected chi connectivity index (χ1v) is 7.82. The zero-order valence-corrected chi connectivity index (χ0v) is 13.8. The number of nitrogen functional groups attached to an aromatic ring is 1. The number of ether oxygens (including phenoxy) is 1. The molecule has 0 unspecified atom stereocenters. The first-order valence-electron chi connectivity index (χ1n) is 7.82. The Bertz CT molecular complexity index is 1090. The van der Waals surface area contributed by atoms with Crippen LogP contribution < -0.4 is 15.8 Å². The van der Waals surface area contributed by atoms with Crippen LogP contribution in [0.2, 0.25) is 0 Å². The lowest BCUT2D eigenvalue weighted by molar-refractivity contribution is 0.386. The minimum atomic E-state index is -0.490. The van der Waals surface area contributed by atoms with Crippen molar-refractivity contribution in [3.05, 3.63) is 60.5 Å². The monoisotopic (exact) mass is 350 g/mol. The molecule has 7 nitrogen and oxygen atoms in total. The molecule has 4 rings (SSSR count). The Morgan fingerprint density at radius 1 is 1.08 bits per heavy atom. The highest BCUT2D eigenvalue weighted by molar-refractivity contribution is 5.81. The SMILES string of the molecule is COc1ccc(Nc2nc(N)nc(-n3ccc4ccccc43)n2)cc1F.